The van der Waals surface area contributed by atoms with Crippen molar-refractivity contribution in [1.29, 1.82) is 0 Å². The second-order valence-electron chi connectivity index (χ2n) is 1.18. The maximum absolute atomic E-state index is 9.29. The zero-order valence-electron chi connectivity index (χ0n) is 10.7. The van der Waals surface area contributed by atoms with Crippen LogP contribution in [0.15, 0.2) is 0 Å². The van der Waals surface area contributed by atoms with Gasteiger partial charge in [-0.25, -0.2) is 0 Å². The topological polar surface area (TPSA) is 32.3 Å². The highest BCUT2D eigenvalue weighted by atomic mass is 16.3. The van der Waals surface area contributed by atoms with E-state index >= 15 is 0 Å². The number of β-amino-alcohol motifs (C(OH)–C–C–N with tert-alkyl or cyclic N) is 1. The molecule has 1 saturated heterocycles. The molecule has 0 aromatic rings. The van der Waals surface area contributed by atoms with Gasteiger partial charge in [-0.15, -0.1) is 0 Å². The third-order valence-electron chi connectivity index (χ3n) is 0.614. The first-order valence-corrected chi connectivity index (χ1v) is 1.93. The lowest BCUT2D eigenvalue weighted by atomic mass is 10.1. The molecule has 0 amide bonds. The van der Waals surface area contributed by atoms with E-state index in [1.807, 2.05) is 5.32 Å². The summed E-state index contributed by atoms with van der Waals surface area (Å²) >= 11 is 0. The molecule has 0 aliphatic carbocycles. The summed E-state index contributed by atoms with van der Waals surface area (Å²) in [5.41, 5.74) is 0. The van der Waals surface area contributed by atoms with Crippen LogP contribution < -0.4 is 5.32 Å². The molecule has 1 aliphatic heterocycles. The average Bonchev–Trinajstić information content (AvgIpc) is 1.98. The van der Waals surface area contributed by atoms with Crippen molar-refractivity contribution in [2.24, 2.45) is 0 Å². The second kappa shape index (κ2) is 2.28. The van der Waals surface area contributed by atoms with Crippen LogP contribution in [0.25, 0.3) is 0 Å². The van der Waals surface area contributed by atoms with Crippen molar-refractivity contribution in [3.05, 3.63) is 0 Å². The number of hydrogen-bond acceptors (Lipinski definition) is 2. The Balaban J connectivity index is 3.20. The first-order valence-electron chi connectivity index (χ1n) is 5.43. The standard InChI is InChI=1S/C5H11NO/c7-5-2-1-3-6-4-5/h5-7H,1-4H2/i1D2,2D2,3D2,5D. The van der Waals surface area contributed by atoms with Gasteiger partial charge < -0.3 is 10.4 Å². The van der Waals surface area contributed by atoms with Crippen molar-refractivity contribution in [2.45, 2.75) is 18.8 Å². The lowest BCUT2D eigenvalue weighted by Crippen LogP contribution is -2.33. The molecule has 0 bridgehead atoms. The van der Waals surface area contributed by atoms with Gasteiger partial charge >= 0.3 is 0 Å². The van der Waals surface area contributed by atoms with E-state index in [0.717, 1.165) is 0 Å². The molecule has 42 valence electrons. The smallest absolute Gasteiger partial charge is 0.0665 e. The third-order valence-corrected chi connectivity index (χ3v) is 0.614. The summed E-state index contributed by atoms with van der Waals surface area (Å²) in [5.74, 6) is 0. The van der Waals surface area contributed by atoms with Crippen molar-refractivity contribution < 1.29 is 14.7 Å². The minimum absolute atomic E-state index is 0.660. The normalized spacial score (nSPS) is 79.9. The van der Waals surface area contributed by atoms with Crippen LogP contribution in [0.5, 0.6) is 0 Å². The van der Waals surface area contributed by atoms with Crippen LogP contribution in [0.1, 0.15) is 22.3 Å². The predicted octanol–water partition coefficient (Wildman–Crippen LogP) is -0.269. The fourth-order valence-corrected chi connectivity index (χ4v) is 0.320. The van der Waals surface area contributed by atoms with Crippen molar-refractivity contribution in [3.63, 3.8) is 0 Å². The van der Waals surface area contributed by atoms with Crippen LogP contribution >= 0.6 is 0 Å². The van der Waals surface area contributed by atoms with Crippen LogP contribution in [0.2, 0.25) is 0 Å². The summed E-state index contributed by atoms with van der Waals surface area (Å²) in [6, 6.07) is 0. The molecule has 0 radical (unpaired) electrons. The Morgan fingerprint density at radius 1 is 2.00 bits per heavy atom. The molecule has 1 rings (SSSR count). The SMILES string of the molecule is [2H]C1(O)CNC([2H])([2H])C([2H])([2H])C1([2H])[2H]. The molecule has 2 heteroatoms. The maximum Gasteiger partial charge on any atom is 0.0665 e. The third kappa shape index (κ3) is 1.45. The van der Waals surface area contributed by atoms with Crippen LogP contribution in [0.3, 0.4) is 0 Å². The van der Waals surface area contributed by atoms with Crippen LogP contribution in [-0.4, -0.2) is 24.2 Å². The minimum Gasteiger partial charge on any atom is -0.392 e. The lowest BCUT2D eigenvalue weighted by Gasteiger charge is -2.16. The first-order chi connectivity index (χ1) is 5.96. The molecular weight excluding hydrogens is 90.1 g/mol. The van der Waals surface area contributed by atoms with E-state index in [1.165, 1.54) is 0 Å². The van der Waals surface area contributed by atoms with Gasteiger partial charge in [-0.2, -0.15) is 0 Å². The molecule has 0 aromatic carbocycles. The van der Waals surface area contributed by atoms with E-state index < -0.39 is 31.9 Å². The fourth-order valence-electron chi connectivity index (χ4n) is 0.320. The van der Waals surface area contributed by atoms with Crippen molar-refractivity contribution in [1.82, 2.24) is 5.32 Å². The predicted molar refractivity (Wildman–Crippen MR) is 28.1 cm³/mol. The van der Waals surface area contributed by atoms with Crippen molar-refractivity contribution in [3.8, 4) is 0 Å². The van der Waals surface area contributed by atoms with E-state index in [-0.39, 0.29) is 0 Å². The van der Waals surface area contributed by atoms with Crippen LogP contribution in [-0.2, 0) is 0 Å². The minimum atomic E-state index is -2.98. The molecule has 2 N–H and O–H groups in total. The Kier molecular flexibility index (Phi) is 0.408. The Hall–Kier alpha value is -0.0800. The van der Waals surface area contributed by atoms with Gasteiger partial charge in [0.2, 0.25) is 0 Å². The maximum atomic E-state index is 9.29. The van der Waals surface area contributed by atoms with E-state index in [9.17, 15) is 5.11 Å². The van der Waals surface area contributed by atoms with E-state index in [0.29, 0.717) is 0 Å². The van der Waals surface area contributed by atoms with E-state index in [1.54, 1.807) is 0 Å². The first kappa shape index (κ1) is 1.25. The van der Waals surface area contributed by atoms with Crippen LogP contribution in [0.4, 0.5) is 0 Å². The molecule has 1 fully saturated rings. The molecule has 1 unspecified atom stereocenters. The summed E-state index contributed by atoms with van der Waals surface area (Å²) in [4.78, 5) is 0. The number of piperidine rings is 1. The van der Waals surface area contributed by atoms with E-state index in [4.69, 9.17) is 9.60 Å². The number of rotatable bonds is 0. The second-order valence-corrected chi connectivity index (χ2v) is 1.18. The van der Waals surface area contributed by atoms with Gasteiger partial charge in [0, 0.05) is 14.8 Å². The molecule has 0 spiro atoms. The highest BCUT2D eigenvalue weighted by Crippen LogP contribution is 1.98. The fraction of sp³-hybridized carbons (Fsp3) is 1.00. The number of nitrogens with one attached hydrogen (secondary N) is 1. The van der Waals surface area contributed by atoms with Crippen molar-refractivity contribution >= 4 is 0 Å². The lowest BCUT2D eigenvalue weighted by molar-refractivity contribution is 0.142. The summed E-state index contributed by atoms with van der Waals surface area (Å²) < 4.78 is 50.6. The molecule has 7 heavy (non-hydrogen) atoms. The highest BCUT2D eigenvalue weighted by Gasteiger charge is 2.06. The molecular formula is C5H11NO. The van der Waals surface area contributed by atoms with Gasteiger partial charge in [-0.05, 0) is 19.2 Å². The van der Waals surface area contributed by atoms with Gasteiger partial charge in [0.05, 0.1) is 7.45 Å². The quantitative estimate of drug-likeness (QED) is 0.448. The number of aliphatic hydroxyl groups is 1. The van der Waals surface area contributed by atoms with Gasteiger partial charge in [0.15, 0.2) is 0 Å². The van der Waals surface area contributed by atoms with Gasteiger partial charge in [0.1, 0.15) is 0 Å². The zero-order chi connectivity index (χ0) is 11.4. The summed E-state index contributed by atoms with van der Waals surface area (Å²) in [7, 11) is 0. The zero-order valence-corrected chi connectivity index (χ0v) is 3.65. The molecule has 1 aliphatic rings. The molecule has 1 heterocycles. The molecule has 2 nitrogen and oxygen atoms in total. The monoisotopic (exact) mass is 108 g/mol. The van der Waals surface area contributed by atoms with Gasteiger partial charge in [-0.1, -0.05) is 0 Å². The molecule has 1 atom stereocenters. The Bertz CT molecular complexity index is 224. The summed E-state index contributed by atoms with van der Waals surface area (Å²) in [6.45, 7) is -3.27. The molecule has 0 aromatic heterocycles. The number of hydrogen-bond donors (Lipinski definition) is 2. The van der Waals surface area contributed by atoms with E-state index in [2.05, 4.69) is 0 Å². The Morgan fingerprint density at radius 2 is 2.86 bits per heavy atom. The molecule has 0 saturated carbocycles. The summed E-state index contributed by atoms with van der Waals surface area (Å²) in [6.07, 6.45) is -8.63. The average molecular weight is 108 g/mol. The van der Waals surface area contributed by atoms with Crippen LogP contribution in [0, 0.1) is 0 Å². The Morgan fingerprint density at radius 3 is 3.57 bits per heavy atom. The van der Waals surface area contributed by atoms with Crippen molar-refractivity contribution in [2.75, 3.05) is 13.0 Å². The van der Waals surface area contributed by atoms with Gasteiger partial charge in [0.25, 0.3) is 0 Å². The highest BCUT2D eigenvalue weighted by molar-refractivity contribution is 4.65. The van der Waals surface area contributed by atoms with Gasteiger partial charge in [-0.3, -0.25) is 0 Å². The Labute approximate surface area is 53.4 Å². The summed E-state index contributed by atoms with van der Waals surface area (Å²) in [5, 5.41) is 11.3. The largest absolute Gasteiger partial charge is 0.392 e.